The molecule has 0 saturated carbocycles. The summed E-state index contributed by atoms with van der Waals surface area (Å²) in [5.41, 5.74) is 4.29. The number of methoxy groups -OCH3 is 2. The lowest BCUT2D eigenvalue weighted by molar-refractivity contribution is 0.102. The van der Waals surface area contributed by atoms with Crippen molar-refractivity contribution in [3.8, 4) is 22.1 Å². The molecule has 3 aromatic rings. The zero-order valence-corrected chi connectivity index (χ0v) is 16.6. The molecule has 0 bridgehead atoms. The number of thiazole rings is 1. The number of hydrogen-bond donors (Lipinski definition) is 1. The summed E-state index contributed by atoms with van der Waals surface area (Å²) in [4.78, 5) is 17.2. The molecule has 140 valence electrons. The highest BCUT2D eigenvalue weighted by atomic mass is 32.1. The van der Waals surface area contributed by atoms with Gasteiger partial charge in [0.25, 0.3) is 5.91 Å². The Kier molecular flexibility index (Phi) is 5.76. The van der Waals surface area contributed by atoms with E-state index in [4.69, 9.17) is 9.47 Å². The van der Waals surface area contributed by atoms with Crippen molar-refractivity contribution in [3.05, 3.63) is 58.6 Å². The van der Waals surface area contributed by atoms with Gasteiger partial charge in [-0.05, 0) is 42.7 Å². The van der Waals surface area contributed by atoms with Gasteiger partial charge in [-0.2, -0.15) is 0 Å². The van der Waals surface area contributed by atoms with Gasteiger partial charge in [-0.25, -0.2) is 4.98 Å². The molecule has 27 heavy (non-hydrogen) atoms. The van der Waals surface area contributed by atoms with E-state index in [0.717, 1.165) is 33.8 Å². The fourth-order valence-electron chi connectivity index (χ4n) is 2.86. The monoisotopic (exact) mass is 382 g/mol. The van der Waals surface area contributed by atoms with Crippen LogP contribution in [0.15, 0.2) is 41.8 Å². The topological polar surface area (TPSA) is 60.5 Å². The van der Waals surface area contributed by atoms with Crippen molar-refractivity contribution in [2.75, 3.05) is 19.5 Å². The maximum Gasteiger partial charge on any atom is 0.275 e. The Morgan fingerprint density at radius 1 is 1.15 bits per heavy atom. The number of nitrogens with one attached hydrogen (secondary N) is 1. The Morgan fingerprint density at radius 2 is 1.93 bits per heavy atom. The second-order valence-corrected chi connectivity index (χ2v) is 6.88. The number of carbonyl (C=O) groups is 1. The molecule has 0 atom stereocenters. The lowest BCUT2D eigenvalue weighted by Crippen LogP contribution is -2.14. The predicted octanol–water partition coefficient (Wildman–Crippen LogP) is 4.95. The number of benzene rings is 2. The van der Waals surface area contributed by atoms with Gasteiger partial charge in [0.15, 0.2) is 11.5 Å². The quantitative estimate of drug-likeness (QED) is 0.655. The summed E-state index contributed by atoms with van der Waals surface area (Å²) in [7, 11) is 3.19. The lowest BCUT2D eigenvalue weighted by Gasteiger charge is -2.12. The molecule has 0 saturated heterocycles. The molecule has 0 aliphatic rings. The first-order chi connectivity index (χ1) is 13.1. The van der Waals surface area contributed by atoms with Crippen LogP contribution in [-0.2, 0) is 6.42 Å². The Hall–Kier alpha value is -2.86. The Morgan fingerprint density at radius 3 is 2.63 bits per heavy atom. The molecule has 1 amide bonds. The minimum Gasteiger partial charge on any atom is -0.493 e. The van der Waals surface area contributed by atoms with Crippen molar-refractivity contribution in [3.63, 3.8) is 0 Å². The van der Waals surface area contributed by atoms with Crippen LogP contribution in [0.5, 0.6) is 11.5 Å². The Balaban J connectivity index is 1.85. The number of amides is 1. The Bertz CT molecular complexity index is 966. The number of rotatable bonds is 6. The summed E-state index contributed by atoms with van der Waals surface area (Å²) in [5.74, 6) is 1.08. The largest absolute Gasteiger partial charge is 0.493 e. The number of ether oxygens (including phenoxy) is 2. The van der Waals surface area contributed by atoms with Gasteiger partial charge in [-0.3, -0.25) is 4.79 Å². The minimum absolute atomic E-state index is 0.207. The first-order valence-corrected chi connectivity index (χ1v) is 9.53. The summed E-state index contributed by atoms with van der Waals surface area (Å²) >= 11 is 1.42. The van der Waals surface area contributed by atoms with Gasteiger partial charge in [0.05, 0.1) is 14.2 Å². The molecule has 6 heteroatoms. The van der Waals surface area contributed by atoms with Gasteiger partial charge in [-0.15, -0.1) is 11.3 Å². The van der Waals surface area contributed by atoms with Gasteiger partial charge in [0.1, 0.15) is 10.7 Å². The predicted molar refractivity (Wildman–Crippen MR) is 109 cm³/mol. The van der Waals surface area contributed by atoms with E-state index in [-0.39, 0.29) is 5.91 Å². The molecule has 0 aliphatic heterocycles. The SMILES string of the molecule is CCc1cccc(C)c1NC(=O)c1csc(-c2ccc(OC)c(OC)c2)n1. The molecule has 1 heterocycles. The van der Waals surface area contributed by atoms with Crippen LogP contribution < -0.4 is 14.8 Å². The first kappa shape index (κ1) is 18.9. The van der Waals surface area contributed by atoms with Crippen molar-refractivity contribution in [1.29, 1.82) is 0 Å². The van der Waals surface area contributed by atoms with Crippen molar-refractivity contribution in [2.45, 2.75) is 20.3 Å². The molecule has 3 rings (SSSR count). The third kappa shape index (κ3) is 3.95. The van der Waals surface area contributed by atoms with Crippen LogP contribution in [0.2, 0.25) is 0 Å². The maximum absolute atomic E-state index is 12.7. The molecular formula is C21H22N2O3S. The van der Waals surface area contributed by atoms with Gasteiger partial charge in [-0.1, -0.05) is 25.1 Å². The molecule has 0 radical (unpaired) electrons. The molecule has 5 nitrogen and oxygen atoms in total. The fourth-order valence-corrected chi connectivity index (χ4v) is 3.66. The van der Waals surface area contributed by atoms with E-state index in [9.17, 15) is 4.79 Å². The summed E-state index contributed by atoms with van der Waals surface area (Å²) in [5, 5.41) is 5.53. The molecule has 1 N–H and O–H groups in total. The summed E-state index contributed by atoms with van der Waals surface area (Å²) < 4.78 is 10.6. The fraction of sp³-hybridized carbons (Fsp3) is 0.238. The summed E-state index contributed by atoms with van der Waals surface area (Å²) in [6.07, 6.45) is 0.852. The summed E-state index contributed by atoms with van der Waals surface area (Å²) in [6.45, 7) is 4.06. The number of nitrogens with zero attached hydrogens (tertiary/aromatic N) is 1. The van der Waals surface area contributed by atoms with E-state index in [1.807, 2.05) is 43.3 Å². The highest BCUT2D eigenvalue weighted by molar-refractivity contribution is 7.13. The van der Waals surface area contributed by atoms with E-state index in [1.165, 1.54) is 11.3 Å². The number of hydrogen-bond acceptors (Lipinski definition) is 5. The van der Waals surface area contributed by atoms with E-state index in [1.54, 1.807) is 19.6 Å². The third-order valence-electron chi connectivity index (χ3n) is 4.35. The normalized spacial score (nSPS) is 10.5. The average molecular weight is 382 g/mol. The number of aryl methyl sites for hydroxylation is 2. The van der Waals surface area contributed by atoms with Crippen LogP contribution in [0.1, 0.15) is 28.5 Å². The molecular weight excluding hydrogens is 360 g/mol. The molecule has 0 unspecified atom stereocenters. The highest BCUT2D eigenvalue weighted by Crippen LogP contribution is 2.33. The lowest BCUT2D eigenvalue weighted by atomic mass is 10.1. The van der Waals surface area contributed by atoms with Gasteiger partial charge >= 0.3 is 0 Å². The van der Waals surface area contributed by atoms with Crippen LogP contribution in [0.4, 0.5) is 5.69 Å². The van der Waals surface area contributed by atoms with Gasteiger partial charge in [0, 0.05) is 16.6 Å². The second kappa shape index (κ2) is 8.22. The molecule has 0 aliphatic carbocycles. The standard InChI is InChI=1S/C21H22N2O3S/c1-5-14-8-6-7-13(2)19(14)23-20(24)16-12-27-21(22-16)15-9-10-17(25-3)18(11-15)26-4/h6-12H,5H2,1-4H3,(H,23,24). The number of anilines is 1. The number of para-hydroxylation sites is 1. The Labute approximate surface area is 163 Å². The van der Waals surface area contributed by atoms with E-state index in [2.05, 4.69) is 17.2 Å². The van der Waals surface area contributed by atoms with Crippen molar-refractivity contribution >= 4 is 22.9 Å². The van der Waals surface area contributed by atoms with E-state index in [0.29, 0.717) is 17.2 Å². The van der Waals surface area contributed by atoms with Crippen molar-refractivity contribution < 1.29 is 14.3 Å². The smallest absolute Gasteiger partial charge is 0.275 e. The zero-order chi connectivity index (χ0) is 19.4. The molecule has 0 fully saturated rings. The number of carbonyl (C=O) groups excluding carboxylic acids is 1. The van der Waals surface area contributed by atoms with Crippen molar-refractivity contribution in [1.82, 2.24) is 4.98 Å². The van der Waals surface area contributed by atoms with E-state index >= 15 is 0 Å². The van der Waals surface area contributed by atoms with E-state index < -0.39 is 0 Å². The molecule has 0 spiro atoms. The van der Waals surface area contributed by atoms with Crippen LogP contribution in [0, 0.1) is 6.92 Å². The maximum atomic E-state index is 12.7. The molecule has 1 aromatic heterocycles. The van der Waals surface area contributed by atoms with Gasteiger partial charge < -0.3 is 14.8 Å². The van der Waals surface area contributed by atoms with Crippen LogP contribution in [0.25, 0.3) is 10.6 Å². The highest BCUT2D eigenvalue weighted by Gasteiger charge is 2.15. The van der Waals surface area contributed by atoms with Crippen molar-refractivity contribution in [2.24, 2.45) is 0 Å². The minimum atomic E-state index is -0.207. The van der Waals surface area contributed by atoms with Gasteiger partial charge in [0.2, 0.25) is 0 Å². The zero-order valence-electron chi connectivity index (χ0n) is 15.8. The van der Waals surface area contributed by atoms with Crippen LogP contribution >= 0.6 is 11.3 Å². The number of aromatic nitrogens is 1. The van der Waals surface area contributed by atoms with Crippen LogP contribution in [-0.4, -0.2) is 25.1 Å². The first-order valence-electron chi connectivity index (χ1n) is 8.65. The van der Waals surface area contributed by atoms with Crippen LogP contribution in [0.3, 0.4) is 0 Å². The summed E-state index contributed by atoms with van der Waals surface area (Å²) in [6, 6.07) is 11.6. The third-order valence-corrected chi connectivity index (χ3v) is 5.24. The molecule has 2 aromatic carbocycles. The average Bonchev–Trinajstić information content (AvgIpc) is 3.19. The second-order valence-electron chi connectivity index (χ2n) is 6.02.